The molecule has 1 fully saturated rings. The summed E-state index contributed by atoms with van der Waals surface area (Å²) >= 11 is 3.61. The van der Waals surface area contributed by atoms with Crippen LogP contribution in [0.1, 0.15) is 20.8 Å². The Hall–Kier alpha value is -0.360. The van der Waals surface area contributed by atoms with Gasteiger partial charge in [-0.3, -0.25) is 9.79 Å². The predicted molar refractivity (Wildman–Crippen MR) is 89.7 cm³/mol. The molecule has 0 spiro atoms. The summed E-state index contributed by atoms with van der Waals surface area (Å²) in [6.07, 6.45) is 2.05. The van der Waals surface area contributed by atoms with Crippen molar-refractivity contribution >= 4 is 34.6 Å². The molecule has 1 atom stereocenters. The molecule has 0 radical (unpaired) electrons. The lowest BCUT2D eigenvalue weighted by atomic mass is 10.1. The maximum atomic E-state index is 12.3. The number of nitrogens with zero attached hydrogens (tertiary/aromatic N) is 3. The third-order valence-electron chi connectivity index (χ3n) is 3.66. The zero-order chi connectivity index (χ0) is 14.8. The highest BCUT2D eigenvalue weighted by Gasteiger charge is 2.32. The van der Waals surface area contributed by atoms with Crippen LogP contribution in [-0.2, 0) is 4.79 Å². The number of rotatable bonds is 3. The van der Waals surface area contributed by atoms with Crippen molar-refractivity contribution < 1.29 is 4.79 Å². The number of aliphatic imine (C=N–C) groups is 1. The lowest BCUT2D eigenvalue weighted by Crippen LogP contribution is -2.51. The zero-order valence-electron chi connectivity index (χ0n) is 12.9. The number of carbonyl (C=O) groups is 1. The summed E-state index contributed by atoms with van der Waals surface area (Å²) in [5.74, 6) is 1.35. The first-order valence-corrected chi connectivity index (χ1v) is 9.40. The van der Waals surface area contributed by atoms with Crippen LogP contribution in [0.2, 0.25) is 0 Å². The minimum absolute atomic E-state index is 0.133. The Kier molecular flexibility index (Phi) is 5.29. The SMILES string of the molecule is CSCC(C)C(=O)N1CCN(C2=NCC(C)(C)S2)CC1. The molecule has 114 valence electrons. The second-order valence-electron chi connectivity index (χ2n) is 6.13. The Morgan fingerprint density at radius 3 is 2.55 bits per heavy atom. The normalized spacial score (nSPS) is 23.7. The topological polar surface area (TPSA) is 35.9 Å². The summed E-state index contributed by atoms with van der Waals surface area (Å²) < 4.78 is 0.231. The van der Waals surface area contributed by atoms with E-state index in [2.05, 4.69) is 30.0 Å². The van der Waals surface area contributed by atoms with Gasteiger partial charge in [0.1, 0.15) is 0 Å². The Morgan fingerprint density at radius 1 is 1.40 bits per heavy atom. The maximum Gasteiger partial charge on any atom is 0.226 e. The van der Waals surface area contributed by atoms with Crippen LogP contribution in [0.3, 0.4) is 0 Å². The molecule has 0 aliphatic carbocycles. The van der Waals surface area contributed by atoms with Crippen LogP contribution in [0.4, 0.5) is 0 Å². The minimum atomic E-state index is 0.133. The molecule has 1 saturated heterocycles. The molecule has 0 aromatic carbocycles. The van der Waals surface area contributed by atoms with Crippen LogP contribution in [0.5, 0.6) is 0 Å². The van der Waals surface area contributed by atoms with E-state index in [0.29, 0.717) is 5.91 Å². The summed E-state index contributed by atoms with van der Waals surface area (Å²) in [6.45, 7) is 10.9. The Balaban J connectivity index is 1.82. The Bertz CT molecular complexity index is 390. The van der Waals surface area contributed by atoms with Gasteiger partial charge in [0.15, 0.2) is 5.17 Å². The molecule has 2 aliphatic heterocycles. The third-order valence-corrected chi connectivity index (χ3v) is 5.75. The van der Waals surface area contributed by atoms with Crippen molar-refractivity contribution in [1.29, 1.82) is 0 Å². The van der Waals surface area contributed by atoms with Gasteiger partial charge in [-0.1, -0.05) is 18.7 Å². The van der Waals surface area contributed by atoms with Gasteiger partial charge in [0.05, 0.1) is 6.54 Å². The van der Waals surface area contributed by atoms with E-state index in [1.54, 1.807) is 11.8 Å². The first kappa shape index (κ1) is 16.0. The molecule has 2 aliphatic rings. The van der Waals surface area contributed by atoms with Crippen LogP contribution in [0.25, 0.3) is 0 Å². The van der Waals surface area contributed by atoms with Gasteiger partial charge in [0, 0.05) is 42.6 Å². The molecule has 6 heteroatoms. The fraction of sp³-hybridized carbons (Fsp3) is 0.857. The minimum Gasteiger partial charge on any atom is -0.348 e. The number of amides is 1. The molecular weight excluding hydrogens is 290 g/mol. The lowest BCUT2D eigenvalue weighted by Gasteiger charge is -2.37. The van der Waals surface area contributed by atoms with Crippen molar-refractivity contribution in [3.8, 4) is 0 Å². The highest BCUT2D eigenvalue weighted by atomic mass is 32.2. The first-order chi connectivity index (χ1) is 9.43. The highest BCUT2D eigenvalue weighted by molar-refractivity contribution is 8.15. The highest BCUT2D eigenvalue weighted by Crippen LogP contribution is 2.33. The van der Waals surface area contributed by atoms with Gasteiger partial charge in [-0.15, -0.1) is 0 Å². The van der Waals surface area contributed by atoms with E-state index in [0.717, 1.165) is 38.5 Å². The van der Waals surface area contributed by atoms with E-state index in [1.807, 2.05) is 23.6 Å². The van der Waals surface area contributed by atoms with Crippen LogP contribution >= 0.6 is 23.5 Å². The summed E-state index contributed by atoms with van der Waals surface area (Å²) in [5.41, 5.74) is 0. The van der Waals surface area contributed by atoms with Gasteiger partial charge in [0.2, 0.25) is 5.91 Å². The summed E-state index contributed by atoms with van der Waals surface area (Å²) in [4.78, 5) is 21.3. The lowest BCUT2D eigenvalue weighted by molar-refractivity contribution is -0.135. The Labute approximate surface area is 130 Å². The smallest absolute Gasteiger partial charge is 0.226 e. The van der Waals surface area contributed by atoms with Crippen molar-refractivity contribution in [3.05, 3.63) is 0 Å². The molecule has 0 aromatic rings. The first-order valence-electron chi connectivity index (χ1n) is 7.19. The number of hydrogen-bond acceptors (Lipinski definition) is 5. The van der Waals surface area contributed by atoms with E-state index in [4.69, 9.17) is 0 Å². The fourth-order valence-electron chi connectivity index (χ4n) is 2.49. The average molecular weight is 316 g/mol. The molecule has 20 heavy (non-hydrogen) atoms. The molecule has 0 aromatic heterocycles. The summed E-state index contributed by atoms with van der Waals surface area (Å²) in [7, 11) is 0. The van der Waals surface area contributed by atoms with Crippen molar-refractivity contribution in [2.75, 3.05) is 44.7 Å². The molecule has 4 nitrogen and oxygen atoms in total. The quantitative estimate of drug-likeness (QED) is 0.798. The van der Waals surface area contributed by atoms with Crippen LogP contribution in [0.15, 0.2) is 4.99 Å². The van der Waals surface area contributed by atoms with Crippen molar-refractivity contribution in [2.24, 2.45) is 10.9 Å². The number of hydrogen-bond donors (Lipinski definition) is 0. The fourth-order valence-corrected chi connectivity index (χ4v) is 4.19. The second-order valence-corrected chi connectivity index (χ2v) is 8.71. The van der Waals surface area contributed by atoms with Gasteiger partial charge in [-0.25, -0.2) is 0 Å². The van der Waals surface area contributed by atoms with Gasteiger partial charge >= 0.3 is 0 Å². The zero-order valence-corrected chi connectivity index (χ0v) is 14.5. The molecule has 2 rings (SSSR count). The monoisotopic (exact) mass is 315 g/mol. The second kappa shape index (κ2) is 6.60. The van der Waals surface area contributed by atoms with E-state index in [-0.39, 0.29) is 10.7 Å². The van der Waals surface area contributed by atoms with Crippen LogP contribution < -0.4 is 0 Å². The van der Waals surface area contributed by atoms with Crippen molar-refractivity contribution in [1.82, 2.24) is 9.80 Å². The van der Waals surface area contributed by atoms with Crippen LogP contribution in [-0.4, -0.2) is 70.4 Å². The van der Waals surface area contributed by atoms with Gasteiger partial charge in [0.25, 0.3) is 0 Å². The van der Waals surface area contributed by atoms with Crippen molar-refractivity contribution in [2.45, 2.75) is 25.5 Å². The molecule has 0 bridgehead atoms. The molecule has 0 N–H and O–H groups in total. The van der Waals surface area contributed by atoms with Gasteiger partial charge in [-0.2, -0.15) is 11.8 Å². The van der Waals surface area contributed by atoms with E-state index in [9.17, 15) is 4.79 Å². The van der Waals surface area contributed by atoms with E-state index < -0.39 is 0 Å². The molecule has 2 heterocycles. The third kappa shape index (κ3) is 3.85. The predicted octanol–water partition coefficient (Wildman–Crippen LogP) is 2.01. The summed E-state index contributed by atoms with van der Waals surface area (Å²) in [6, 6.07) is 0. The molecule has 0 saturated carbocycles. The maximum absolute atomic E-state index is 12.3. The number of piperazine rings is 1. The van der Waals surface area contributed by atoms with Crippen LogP contribution in [0, 0.1) is 5.92 Å². The van der Waals surface area contributed by atoms with Gasteiger partial charge in [-0.05, 0) is 20.1 Å². The molecule has 1 amide bonds. The van der Waals surface area contributed by atoms with Gasteiger partial charge < -0.3 is 9.80 Å². The van der Waals surface area contributed by atoms with E-state index in [1.165, 1.54) is 5.17 Å². The van der Waals surface area contributed by atoms with E-state index >= 15 is 0 Å². The largest absolute Gasteiger partial charge is 0.348 e. The average Bonchev–Trinajstić information content (AvgIpc) is 2.79. The number of amidine groups is 1. The van der Waals surface area contributed by atoms with Crippen molar-refractivity contribution in [3.63, 3.8) is 0 Å². The summed E-state index contributed by atoms with van der Waals surface area (Å²) in [5, 5.41) is 1.17. The number of carbonyl (C=O) groups excluding carboxylic acids is 1. The number of thioether (sulfide) groups is 2. The standard InChI is InChI=1S/C14H25N3OS2/c1-11(9-19-4)12(18)16-5-7-17(8-6-16)13-15-10-14(2,3)20-13/h11H,5-10H2,1-4H3. The molecule has 1 unspecified atom stereocenters. The molecular formula is C14H25N3OS2. The Morgan fingerprint density at radius 2 is 2.05 bits per heavy atom.